The van der Waals surface area contributed by atoms with Gasteiger partial charge < -0.3 is 4.37 Å². The summed E-state index contributed by atoms with van der Waals surface area (Å²) in [6.45, 7) is 10.0. The molecule has 0 saturated heterocycles. The molecule has 0 unspecified atom stereocenters. The highest BCUT2D eigenvalue weighted by molar-refractivity contribution is 4.37. The van der Waals surface area contributed by atoms with E-state index in [2.05, 4.69) is 25.1 Å². The van der Waals surface area contributed by atoms with E-state index < -0.39 is 0 Å². The Hall–Kier alpha value is -0.0400. The third-order valence-electron chi connectivity index (χ3n) is 1.60. The minimum absolute atomic E-state index is 1.12. The normalized spacial score (nSPS) is 10.7. The Kier molecular flexibility index (Phi) is 6.06. The van der Waals surface area contributed by atoms with Crippen LogP contribution in [0.2, 0.25) is 0 Å². The van der Waals surface area contributed by atoms with Crippen molar-refractivity contribution >= 4 is 0 Å². The predicted octanol–water partition coefficient (Wildman–Crippen LogP) is 2.38. The standard InChI is InChI=1S/C8H19O/c1-4-7-8-9(5-2)6-3/h4-8H2,1-3H3/q+1. The second-order valence-electron chi connectivity index (χ2n) is 2.25. The van der Waals surface area contributed by atoms with Gasteiger partial charge in [-0.1, -0.05) is 6.92 Å². The van der Waals surface area contributed by atoms with Gasteiger partial charge in [0.1, 0.15) is 19.8 Å². The lowest BCUT2D eigenvalue weighted by Crippen LogP contribution is -2.14. The summed E-state index contributed by atoms with van der Waals surface area (Å²) in [6.07, 6.45) is 2.61. The van der Waals surface area contributed by atoms with E-state index in [-0.39, 0.29) is 0 Å². The fourth-order valence-electron chi connectivity index (χ4n) is 0.841. The largest absolute Gasteiger partial charge is 0.422 e. The Morgan fingerprint density at radius 3 is 1.89 bits per heavy atom. The minimum Gasteiger partial charge on any atom is -0.422 e. The van der Waals surface area contributed by atoms with Crippen LogP contribution >= 0.6 is 0 Å². The van der Waals surface area contributed by atoms with Gasteiger partial charge in [-0.05, 0) is 6.42 Å². The Labute approximate surface area is 58.7 Å². The first kappa shape index (κ1) is 8.96. The molecule has 0 atom stereocenters. The van der Waals surface area contributed by atoms with E-state index in [4.69, 9.17) is 0 Å². The highest BCUT2D eigenvalue weighted by Crippen LogP contribution is 1.98. The van der Waals surface area contributed by atoms with Gasteiger partial charge in [0.15, 0.2) is 0 Å². The molecule has 0 N–H and O–H groups in total. The van der Waals surface area contributed by atoms with Crippen molar-refractivity contribution in [2.75, 3.05) is 19.8 Å². The van der Waals surface area contributed by atoms with Gasteiger partial charge in [-0.3, -0.25) is 0 Å². The Morgan fingerprint density at radius 2 is 1.56 bits per heavy atom. The van der Waals surface area contributed by atoms with Crippen molar-refractivity contribution in [2.24, 2.45) is 0 Å². The molecule has 9 heavy (non-hydrogen) atoms. The third kappa shape index (κ3) is 4.46. The molecule has 0 saturated carbocycles. The second-order valence-corrected chi connectivity index (χ2v) is 2.25. The molecule has 0 fully saturated rings. The first-order valence-corrected chi connectivity index (χ1v) is 3.99. The summed E-state index contributed by atoms with van der Waals surface area (Å²) in [5.74, 6) is 0. The van der Waals surface area contributed by atoms with Crippen LogP contribution in [-0.2, 0) is 4.37 Å². The molecule has 0 rings (SSSR count). The van der Waals surface area contributed by atoms with Gasteiger partial charge in [0.25, 0.3) is 0 Å². The first-order chi connectivity index (χ1) is 4.35. The van der Waals surface area contributed by atoms with Gasteiger partial charge in [-0.15, -0.1) is 0 Å². The van der Waals surface area contributed by atoms with Crippen molar-refractivity contribution in [2.45, 2.75) is 33.6 Å². The number of hydrogen-bond donors (Lipinski definition) is 0. The van der Waals surface area contributed by atoms with Gasteiger partial charge in [0.05, 0.1) is 0 Å². The van der Waals surface area contributed by atoms with E-state index in [1.165, 1.54) is 19.4 Å². The van der Waals surface area contributed by atoms with Crippen molar-refractivity contribution in [1.82, 2.24) is 0 Å². The van der Waals surface area contributed by atoms with Crippen LogP contribution < -0.4 is 0 Å². The molecule has 56 valence electrons. The van der Waals surface area contributed by atoms with Crippen molar-refractivity contribution < 1.29 is 4.37 Å². The highest BCUT2D eigenvalue weighted by Gasteiger charge is 1.99. The Bertz CT molecular complexity index is 48.5. The Balaban J connectivity index is 3.09. The molecule has 0 bridgehead atoms. The van der Waals surface area contributed by atoms with Crippen molar-refractivity contribution in [3.8, 4) is 0 Å². The van der Waals surface area contributed by atoms with Crippen LogP contribution in [0.1, 0.15) is 33.6 Å². The van der Waals surface area contributed by atoms with E-state index in [1.807, 2.05) is 0 Å². The summed E-state index contributed by atoms with van der Waals surface area (Å²) in [5.41, 5.74) is 0. The monoisotopic (exact) mass is 131 g/mol. The molecule has 0 amide bonds. The lowest BCUT2D eigenvalue weighted by molar-refractivity contribution is -0.127. The molecular weight excluding hydrogens is 112 g/mol. The summed E-state index contributed by atoms with van der Waals surface area (Å²) in [4.78, 5) is 0. The molecule has 0 radical (unpaired) electrons. The molecule has 0 aliphatic heterocycles. The first-order valence-electron chi connectivity index (χ1n) is 3.99. The summed E-state index contributed by atoms with van der Waals surface area (Å²) >= 11 is 0. The van der Waals surface area contributed by atoms with Crippen LogP contribution in [0.25, 0.3) is 0 Å². The van der Waals surface area contributed by atoms with Crippen molar-refractivity contribution in [3.63, 3.8) is 0 Å². The summed E-state index contributed by atoms with van der Waals surface area (Å²) < 4.78 is 3.19. The average molecular weight is 131 g/mol. The lowest BCUT2D eigenvalue weighted by Gasteiger charge is -2.14. The molecule has 1 nitrogen and oxygen atoms in total. The van der Waals surface area contributed by atoms with Gasteiger partial charge in [0, 0.05) is 20.3 Å². The third-order valence-corrected chi connectivity index (χ3v) is 1.60. The number of unbranched alkanes of at least 4 members (excludes halogenated alkanes) is 1. The quantitative estimate of drug-likeness (QED) is 0.504. The van der Waals surface area contributed by atoms with E-state index in [0.29, 0.717) is 0 Å². The number of hydrogen-bond acceptors (Lipinski definition) is 0. The molecule has 0 aliphatic carbocycles. The SMILES string of the molecule is CCCC[O+](CC)CC. The molecule has 0 aromatic heterocycles. The van der Waals surface area contributed by atoms with E-state index >= 15 is 0 Å². The zero-order chi connectivity index (χ0) is 7.11. The molecule has 1 heteroatoms. The molecule has 0 aromatic rings. The number of rotatable bonds is 5. The van der Waals surface area contributed by atoms with Crippen LogP contribution in [0.4, 0.5) is 0 Å². The zero-order valence-electron chi connectivity index (χ0n) is 6.94. The molecule has 0 aromatic carbocycles. The van der Waals surface area contributed by atoms with Crippen molar-refractivity contribution in [3.05, 3.63) is 0 Å². The minimum atomic E-state index is 1.12. The van der Waals surface area contributed by atoms with Crippen LogP contribution in [0.5, 0.6) is 0 Å². The molecule has 0 heterocycles. The summed E-state index contributed by atoms with van der Waals surface area (Å²) in [7, 11) is 0. The van der Waals surface area contributed by atoms with E-state index in [9.17, 15) is 0 Å². The Morgan fingerprint density at radius 1 is 1.00 bits per heavy atom. The maximum absolute atomic E-state index is 3.19. The van der Waals surface area contributed by atoms with Crippen molar-refractivity contribution in [1.29, 1.82) is 0 Å². The van der Waals surface area contributed by atoms with Gasteiger partial charge in [-0.2, -0.15) is 0 Å². The topological polar surface area (TPSA) is 2.70 Å². The summed E-state index contributed by atoms with van der Waals surface area (Å²) in [5, 5.41) is 0. The molecular formula is C8H19O+. The zero-order valence-corrected chi connectivity index (χ0v) is 6.94. The fourth-order valence-corrected chi connectivity index (χ4v) is 0.841. The highest BCUT2D eigenvalue weighted by atomic mass is 16.7. The van der Waals surface area contributed by atoms with Gasteiger partial charge in [-0.25, -0.2) is 0 Å². The maximum atomic E-state index is 3.19. The average Bonchev–Trinajstić information content (AvgIpc) is 1.91. The smallest absolute Gasteiger partial charge is 0.145 e. The van der Waals surface area contributed by atoms with Crippen LogP contribution in [-0.4, -0.2) is 19.8 Å². The predicted molar refractivity (Wildman–Crippen MR) is 41.9 cm³/mol. The van der Waals surface area contributed by atoms with Crippen LogP contribution in [0.15, 0.2) is 0 Å². The summed E-state index contributed by atoms with van der Waals surface area (Å²) in [6, 6.07) is 0. The second kappa shape index (κ2) is 6.09. The van der Waals surface area contributed by atoms with Gasteiger partial charge >= 0.3 is 0 Å². The van der Waals surface area contributed by atoms with E-state index in [0.717, 1.165) is 13.2 Å². The fraction of sp³-hybridized carbons (Fsp3) is 1.00. The lowest BCUT2D eigenvalue weighted by atomic mass is 10.4. The van der Waals surface area contributed by atoms with E-state index in [1.54, 1.807) is 0 Å². The maximum Gasteiger partial charge on any atom is 0.145 e. The molecule has 0 aliphatic rings. The molecule has 0 spiro atoms. The van der Waals surface area contributed by atoms with Gasteiger partial charge in [0.2, 0.25) is 0 Å². The van der Waals surface area contributed by atoms with Crippen LogP contribution in [0.3, 0.4) is 0 Å². The van der Waals surface area contributed by atoms with Crippen LogP contribution in [0, 0.1) is 0 Å².